The van der Waals surface area contributed by atoms with Gasteiger partial charge in [-0.1, -0.05) is 0 Å². The molecule has 0 aliphatic carbocycles. The third-order valence-electron chi connectivity index (χ3n) is 3.53. The summed E-state index contributed by atoms with van der Waals surface area (Å²) in [5.74, 6) is 0.000972. The molecule has 0 N–H and O–H groups in total. The second-order valence-corrected chi connectivity index (χ2v) is 7.05. The maximum atomic E-state index is 12.7. The first-order chi connectivity index (χ1) is 10.2. The lowest BCUT2D eigenvalue weighted by molar-refractivity contribution is 0.0503. The highest BCUT2D eigenvalue weighted by Gasteiger charge is 2.24. The van der Waals surface area contributed by atoms with Crippen molar-refractivity contribution in [2.24, 2.45) is 0 Å². The summed E-state index contributed by atoms with van der Waals surface area (Å²) in [6.07, 6.45) is 2.28. The molecule has 3 heterocycles. The molecule has 1 aliphatic rings. The van der Waals surface area contributed by atoms with Gasteiger partial charge in [0.05, 0.1) is 11.1 Å². The van der Waals surface area contributed by atoms with E-state index in [2.05, 4.69) is 16.4 Å². The van der Waals surface area contributed by atoms with Gasteiger partial charge in [-0.05, 0) is 42.2 Å². The average molecular weight is 322 g/mol. The van der Waals surface area contributed by atoms with Gasteiger partial charge in [0.15, 0.2) is 0 Å². The van der Waals surface area contributed by atoms with Crippen LogP contribution in [0.4, 0.5) is 0 Å². The molecule has 6 heteroatoms. The van der Waals surface area contributed by atoms with Crippen LogP contribution < -0.4 is 0 Å². The Morgan fingerprint density at radius 1 is 1.52 bits per heavy atom. The minimum absolute atomic E-state index is 0.000972. The van der Waals surface area contributed by atoms with Crippen LogP contribution in [0.25, 0.3) is 0 Å². The first-order valence-electron chi connectivity index (χ1n) is 7.06. The number of carbonyl (C=O) groups is 1. The van der Waals surface area contributed by atoms with Gasteiger partial charge in [0, 0.05) is 25.1 Å². The molecule has 1 atom stereocenters. The van der Waals surface area contributed by atoms with Crippen molar-refractivity contribution >= 4 is 28.6 Å². The van der Waals surface area contributed by atoms with Crippen LogP contribution in [0, 0.1) is 6.92 Å². The minimum Gasteiger partial charge on any atom is -0.376 e. The second-order valence-electron chi connectivity index (χ2n) is 5.20. The van der Waals surface area contributed by atoms with Crippen LogP contribution in [0.3, 0.4) is 0 Å². The van der Waals surface area contributed by atoms with Crippen molar-refractivity contribution in [1.82, 2.24) is 9.88 Å². The number of aryl methyl sites for hydroxylation is 1. The third-order valence-corrected chi connectivity index (χ3v) is 5.03. The van der Waals surface area contributed by atoms with E-state index in [1.807, 2.05) is 22.6 Å². The van der Waals surface area contributed by atoms with Crippen LogP contribution in [-0.4, -0.2) is 35.0 Å². The number of hydrogen-bond acceptors (Lipinski definition) is 5. The number of hydrogen-bond donors (Lipinski definition) is 0. The predicted octanol–water partition coefficient (Wildman–Crippen LogP) is 3.33. The molecule has 0 bridgehead atoms. The van der Waals surface area contributed by atoms with Gasteiger partial charge >= 0.3 is 0 Å². The number of amides is 1. The molecule has 4 nitrogen and oxygen atoms in total. The van der Waals surface area contributed by atoms with E-state index >= 15 is 0 Å². The molecular formula is C15H18N2O2S2. The summed E-state index contributed by atoms with van der Waals surface area (Å²) >= 11 is 3.17. The van der Waals surface area contributed by atoms with Gasteiger partial charge in [0.1, 0.15) is 5.69 Å². The maximum Gasteiger partial charge on any atom is 0.273 e. The van der Waals surface area contributed by atoms with Gasteiger partial charge < -0.3 is 9.64 Å². The topological polar surface area (TPSA) is 42.4 Å². The first kappa shape index (κ1) is 14.7. The highest BCUT2D eigenvalue weighted by molar-refractivity contribution is 7.09. The largest absolute Gasteiger partial charge is 0.376 e. The number of rotatable bonds is 5. The van der Waals surface area contributed by atoms with E-state index < -0.39 is 0 Å². The van der Waals surface area contributed by atoms with E-state index in [0.29, 0.717) is 18.8 Å². The van der Waals surface area contributed by atoms with E-state index in [9.17, 15) is 4.79 Å². The molecule has 112 valence electrons. The summed E-state index contributed by atoms with van der Waals surface area (Å²) in [5.41, 5.74) is 1.71. The fourth-order valence-corrected chi connectivity index (χ4v) is 3.73. The molecule has 3 rings (SSSR count). The number of thiazole rings is 1. The average Bonchev–Trinajstić information content (AvgIpc) is 3.19. The van der Waals surface area contributed by atoms with E-state index in [-0.39, 0.29) is 12.0 Å². The van der Waals surface area contributed by atoms with Crippen molar-refractivity contribution < 1.29 is 9.53 Å². The fourth-order valence-electron chi connectivity index (χ4n) is 2.48. The van der Waals surface area contributed by atoms with Crippen LogP contribution in [0.5, 0.6) is 0 Å². The highest BCUT2D eigenvalue weighted by Crippen LogP contribution is 2.19. The first-order valence-corrected chi connectivity index (χ1v) is 8.88. The van der Waals surface area contributed by atoms with Gasteiger partial charge in [-0.15, -0.1) is 11.3 Å². The molecule has 21 heavy (non-hydrogen) atoms. The molecule has 0 unspecified atom stereocenters. The lowest BCUT2D eigenvalue weighted by Gasteiger charge is -2.24. The number of ether oxygens (including phenoxy) is 1. The number of aromatic nitrogens is 1. The van der Waals surface area contributed by atoms with Gasteiger partial charge in [-0.3, -0.25) is 4.79 Å². The third kappa shape index (κ3) is 3.70. The van der Waals surface area contributed by atoms with E-state index in [0.717, 1.165) is 24.5 Å². The lowest BCUT2D eigenvalue weighted by Crippen LogP contribution is -2.37. The zero-order valence-corrected chi connectivity index (χ0v) is 13.6. The Labute approximate surface area is 132 Å². The lowest BCUT2D eigenvalue weighted by atomic mass is 10.2. The smallest absolute Gasteiger partial charge is 0.273 e. The number of carbonyl (C=O) groups excluding carboxylic acids is 1. The molecule has 1 saturated heterocycles. The molecule has 2 aromatic heterocycles. The Morgan fingerprint density at radius 2 is 2.43 bits per heavy atom. The molecule has 0 radical (unpaired) electrons. The van der Waals surface area contributed by atoms with Crippen molar-refractivity contribution in [3.63, 3.8) is 0 Å². The van der Waals surface area contributed by atoms with Crippen molar-refractivity contribution in [2.45, 2.75) is 32.4 Å². The number of thiophene rings is 1. The summed E-state index contributed by atoms with van der Waals surface area (Å²) in [6, 6.07) is 2.06. The summed E-state index contributed by atoms with van der Waals surface area (Å²) in [6.45, 7) is 4.00. The molecule has 1 fully saturated rings. The van der Waals surface area contributed by atoms with E-state index in [4.69, 9.17) is 4.74 Å². The molecular weight excluding hydrogens is 304 g/mol. The normalized spacial score (nSPS) is 18.0. The Hall–Kier alpha value is -1.24. The summed E-state index contributed by atoms with van der Waals surface area (Å²) in [7, 11) is 0. The Bertz CT molecular complexity index is 589. The second kappa shape index (κ2) is 6.68. The van der Waals surface area contributed by atoms with Gasteiger partial charge in [-0.25, -0.2) is 4.98 Å². The molecule has 0 spiro atoms. The van der Waals surface area contributed by atoms with Crippen molar-refractivity contribution in [3.05, 3.63) is 38.5 Å². The van der Waals surface area contributed by atoms with Crippen molar-refractivity contribution in [2.75, 3.05) is 13.2 Å². The fraction of sp³-hybridized carbons (Fsp3) is 0.467. The van der Waals surface area contributed by atoms with E-state index in [1.54, 1.807) is 11.3 Å². The molecule has 0 aromatic carbocycles. The summed E-state index contributed by atoms with van der Waals surface area (Å²) < 4.78 is 5.68. The Kier molecular flexibility index (Phi) is 4.67. The van der Waals surface area contributed by atoms with Gasteiger partial charge in [-0.2, -0.15) is 11.3 Å². The van der Waals surface area contributed by atoms with Crippen LogP contribution in [-0.2, 0) is 11.3 Å². The molecule has 1 aliphatic heterocycles. The summed E-state index contributed by atoms with van der Waals surface area (Å²) in [4.78, 5) is 18.9. The zero-order chi connectivity index (χ0) is 14.7. The molecule has 2 aromatic rings. The molecule has 1 amide bonds. The van der Waals surface area contributed by atoms with Gasteiger partial charge in [0.25, 0.3) is 5.91 Å². The molecule has 0 saturated carbocycles. The standard InChI is InChI=1S/C15H18N2O2S2/c1-11-16-14(10-21-11)15(18)17(7-12-4-6-20-9-12)8-13-3-2-5-19-13/h4,6,9-10,13H,2-3,5,7-8H2,1H3/t13-/m1/s1. The van der Waals surface area contributed by atoms with Crippen LogP contribution in [0.15, 0.2) is 22.2 Å². The van der Waals surface area contributed by atoms with E-state index in [1.165, 1.54) is 16.9 Å². The Morgan fingerprint density at radius 3 is 3.05 bits per heavy atom. The van der Waals surface area contributed by atoms with Crippen molar-refractivity contribution in [1.29, 1.82) is 0 Å². The predicted molar refractivity (Wildman–Crippen MR) is 84.9 cm³/mol. The summed E-state index contributed by atoms with van der Waals surface area (Å²) in [5, 5.41) is 6.89. The minimum atomic E-state index is 0.000972. The highest BCUT2D eigenvalue weighted by atomic mass is 32.1. The maximum absolute atomic E-state index is 12.7. The van der Waals surface area contributed by atoms with Crippen LogP contribution >= 0.6 is 22.7 Å². The quantitative estimate of drug-likeness (QED) is 0.848. The number of nitrogens with zero attached hydrogens (tertiary/aromatic N) is 2. The van der Waals surface area contributed by atoms with Gasteiger partial charge in [0.2, 0.25) is 0 Å². The monoisotopic (exact) mass is 322 g/mol. The zero-order valence-electron chi connectivity index (χ0n) is 11.9. The van der Waals surface area contributed by atoms with Crippen LogP contribution in [0.1, 0.15) is 33.9 Å². The SMILES string of the molecule is Cc1nc(C(=O)N(Cc2ccsc2)C[C@H]2CCCO2)cs1. The Balaban J connectivity index is 1.75. The van der Waals surface area contributed by atoms with Crippen LogP contribution in [0.2, 0.25) is 0 Å². The van der Waals surface area contributed by atoms with Crippen molar-refractivity contribution in [3.8, 4) is 0 Å².